The smallest absolute Gasteiger partial charge is 0.234 e. The molecule has 150 valence electrons. The standard InChI is InChI=1S/C20H20N4O3S2/c1-27-17-4-2-3-15(9-17)23-19(26)13-29-20-24-16(12-28-20)10-18(25)22-11-14-5-7-21-8-6-14/h2-9,12H,10-11,13H2,1H3,(H,22,25)(H,23,26). The Morgan fingerprint density at radius 3 is 2.79 bits per heavy atom. The van der Waals surface area contributed by atoms with E-state index in [4.69, 9.17) is 4.74 Å². The Morgan fingerprint density at radius 2 is 2.00 bits per heavy atom. The quantitative estimate of drug-likeness (QED) is 0.509. The Hall–Kier alpha value is -2.91. The van der Waals surface area contributed by atoms with Gasteiger partial charge < -0.3 is 15.4 Å². The zero-order chi connectivity index (χ0) is 20.5. The second kappa shape index (κ2) is 10.6. The Kier molecular flexibility index (Phi) is 7.60. The van der Waals surface area contributed by atoms with Crippen molar-refractivity contribution >= 4 is 40.6 Å². The van der Waals surface area contributed by atoms with Crippen LogP contribution in [0, 0.1) is 0 Å². The summed E-state index contributed by atoms with van der Waals surface area (Å²) in [5.41, 5.74) is 2.36. The summed E-state index contributed by atoms with van der Waals surface area (Å²) >= 11 is 2.77. The lowest BCUT2D eigenvalue weighted by Gasteiger charge is -2.06. The molecule has 0 atom stereocenters. The topological polar surface area (TPSA) is 93.2 Å². The van der Waals surface area contributed by atoms with Crippen LogP contribution in [0.1, 0.15) is 11.3 Å². The first-order valence-electron chi connectivity index (χ1n) is 8.79. The van der Waals surface area contributed by atoms with Crippen LogP contribution in [-0.2, 0) is 22.6 Å². The van der Waals surface area contributed by atoms with E-state index in [0.717, 1.165) is 9.90 Å². The van der Waals surface area contributed by atoms with Crippen molar-refractivity contribution in [2.75, 3.05) is 18.2 Å². The predicted molar refractivity (Wildman–Crippen MR) is 114 cm³/mol. The average molecular weight is 429 g/mol. The molecule has 2 amide bonds. The number of carbonyl (C=O) groups excluding carboxylic acids is 2. The highest BCUT2D eigenvalue weighted by molar-refractivity contribution is 8.01. The molecule has 0 saturated carbocycles. The van der Waals surface area contributed by atoms with Gasteiger partial charge in [0.15, 0.2) is 4.34 Å². The molecule has 9 heteroatoms. The largest absolute Gasteiger partial charge is 0.497 e. The van der Waals surface area contributed by atoms with Crippen molar-refractivity contribution in [1.82, 2.24) is 15.3 Å². The van der Waals surface area contributed by atoms with E-state index in [1.807, 2.05) is 29.6 Å². The van der Waals surface area contributed by atoms with Crippen LogP contribution >= 0.6 is 23.1 Å². The van der Waals surface area contributed by atoms with Gasteiger partial charge in [0.05, 0.1) is 25.0 Å². The maximum atomic E-state index is 12.1. The number of hydrogen-bond donors (Lipinski definition) is 2. The van der Waals surface area contributed by atoms with Crippen molar-refractivity contribution in [3.8, 4) is 5.75 Å². The molecule has 0 saturated heterocycles. The van der Waals surface area contributed by atoms with Gasteiger partial charge >= 0.3 is 0 Å². The minimum absolute atomic E-state index is 0.0977. The Morgan fingerprint density at radius 1 is 1.17 bits per heavy atom. The Bertz CT molecular complexity index is 963. The number of methoxy groups -OCH3 is 1. The summed E-state index contributed by atoms with van der Waals surface area (Å²) in [6.45, 7) is 0.456. The van der Waals surface area contributed by atoms with Gasteiger partial charge in [0, 0.05) is 36.1 Å². The van der Waals surface area contributed by atoms with Crippen LogP contribution in [0.25, 0.3) is 0 Å². The maximum absolute atomic E-state index is 12.1. The Labute approximate surface area is 176 Å². The number of nitrogens with one attached hydrogen (secondary N) is 2. The highest BCUT2D eigenvalue weighted by Crippen LogP contribution is 2.23. The molecular weight excluding hydrogens is 408 g/mol. The number of thioether (sulfide) groups is 1. The molecule has 0 unspecified atom stereocenters. The van der Waals surface area contributed by atoms with Crippen molar-refractivity contribution in [3.05, 3.63) is 65.4 Å². The van der Waals surface area contributed by atoms with Gasteiger partial charge in [-0.2, -0.15) is 0 Å². The fourth-order valence-electron chi connectivity index (χ4n) is 2.39. The molecule has 3 aromatic rings. The van der Waals surface area contributed by atoms with Crippen molar-refractivity contribution in [3.63, 3.8) is 0 Å². The minimum atomic E-state index is -0.130. The van der Waals surface area contributed by atoms with E-state index in [0.29, 0.717) is 23.7 Å². The number of aromatic nitrogens is 2. The number of pyridine rings is 1. The lowest BCUT2D eigenvalue weighted by molar-refractivity contribution is -0.120. The molecule has 2 heterocycles. The first kappa shape index (κ1) is 20.8. The lowest BCUT2D eigenvalue weighted by Crippen LogP contribution is -2.24. The summed E-state index contributed by atoms with van der Waals surface area (Å²) in [5.74, 6) is 0.690. The SMILES string of the molecule is COc1cccc(NC(=O)CSc2nc(CC(=O)NCc3ccncc3)cs2)c1. The molecule has 0 aliphatic carbocycles. The maximum Gasteiger partial charge on any atom is 0.234 e. The fraction of sp³-hybridized carbons (Fsp3) is 0.200. The molecule has 3 rings (SSSR count). The highest BCUT2D eigenvalue weighted by Gasteiger charge is 2.10. The summed E-state index contributed by atoms with van der Waals surface area (Å²) in [6.07, 6.45) is 3.59. The number of amides is 2. The zero-order valence-electron chi connectivity index (χ0n) is 15.8. The van der Waals surface area contributed by atoms with Crippen molar-refractivity contribution in [2.24, 2.45) is 0 Å². The number of rotatable bonds is 9. The number of carbonyl (C=O) groups is 2. The van der Waals surface area contributed by atoms with Gasteiger partial charge in [-0.3, -0.25) is 14.6 Å². The van der Waals surface area contributed by atoms with Crippen LogP contribution in [0.15, 0.2) is 58.5 Å². The van der Waals surface area contributed by atoms with Crippen molar-refractivity contribution < 1.29 is 14.3 Å². The molecule has 0 bridgehead atoms. The summed E-state index contributed by atoms with van der Waals surface area (Å²) in [5, 5.41) is 7.53. The van der Waals surface area contributed by atoms with E-state index < -0.39 is 0 Å². The van der Waals surface area contributed by atoms with Crippen LogP contribution in [0.4, 0.5) is 5.69 Å². The normalized spacial score (nSPS) is 10.4. The average Bonchev–Trinajstić information content (AvgIpc) is 3.19. The van der Waals surface area contributed by atoms with E-state index in [-0.39, 0.29) is 24.0 Å². The van der Waals surface area contributed by atoms with E-state index >= 15 is 0 Å². The molecule has 29 heavy (non-hydrogen) atoms. The van der Waals surface area contributed by atoms with Gasteiger partial charge in [0.1, 0.15) is 5.75 Å². The number of nitrogens with zero attached hydrogens (tertiary/aromatic N) is 2. The summed E-state index contributed by atoms with van der Waals surface area (Å²) in [7, 11) is 1.58. The summed E-state index contributed by atoms with van der Waals surface area (Å²) < 4.78 is 5.89. The third-order valence-corrected chi connectivity index (χ3v) is 5.86. The first-order valence-corrected chi connectivity index (χ1v) is 10.7. The fourth-order valence-corrected chi connectivity index (χ4v) is 4.03. The third kappa shape index (κ3) is 6.88. The van der Waals surface area contributed by atoms with Gasteiger partial charge in [-0.05, 0) is 29.8 Å². The first-order chi connectivity index (χ1) is 14.1. The van der Waals surface area contributed by atoms with Gasteiger partial charge in [-0.15, -0.1) is 11.3 Å². The third-order valence-electron chi connectivity index (χ3n) is 3.79. The molecule has 2 aromatic heterocycles. The van der Waals surface area contributed by atoms with Crippen LogP contribution < -0.4 is 15.4 Å². The van der Waals surface area contributed by atoms with Gasteiger partial charge in [0.2, 0.25) is 11.8 Å². The van der Waals surface area contributed by atoms with E-state index in [1.165, 1.54) is 23.1 Å². The molecule has 0 aliphatic rings. The molecule has 7 nitrogen and oxygen atoms in total. The zero-order valence-corrected chi connectivity index (χ0v) is 17.4. The van der Waals surface area contributed by atoms with Gasteiger partial charge in [-0.25, -0.2) is 4.98 Å². The number of benzene rings is 1. The van der Waals surface area contributed by atoms with E-state index in [1.54, 1.807) is 31.6 Å². The molecule has 1 aromatic carbocycles. The molecule has 2 N–H and O–H groups in total. The van der Waals surface area contributed by atoms with Crippen LogP contribution in [-0.4, -0.2) is 34.6 Å². The van der Waals surface area contributed by atoms with Gasteiger partial charge in [0.25, 0.3) is 0 Å². The molecular formula is C20H20N4O3S2. The molecule has 0 spiro atoms. The van der Waals surface area contributed by atoms with Gasteiger partial charge in [-0.1, -0.05) is 17.8 Å². The lowest BCUT2D eigenvalue weighted by atomic mass is 10.2. The summed E-state index contributed by atoms with van der Waals surface area (Å²) in [6, 6.07) is 10.9. The monoisotopic (exact) mass is 428 g/mol. The Balaban J connectivity index is 1.42. The number of hydrogen-bond acceptors (Lipinski definition) is 7. The number of thiazole rings is 1. The summed E-state index contributed by atoms with van der Waals surface area (Å²) in [4.78, 5) is 32.6. The van der Waals surface area contributed by atoms with Crippen LogP contribution in [0.3, 0.4) is 0 Å². The highest BCUT2D eigenvalue weighted by atomic mass is 32.2. The number of anilines is 1. The molecule has 0 aliphatic heterocycles. The van der Waals surface area contributed by atoms with Crippen LogP contribution in [0.2, 0.25) is 0 Å². The van der Waals surface area contributed by atoms with E-state index in [9.17, 15) is 9.59 Å². The van der Waals surface area contributed by atoms with Crippen molar-refractivity contribution in [2.45, 2.75) is 17.3 Å². The second-order valence-corrected chi connectivity index (χ2v) is 8.06. The molecule has 0 radical (unpaired) electrons. The molecule has 0 fully saturated rings. The van der Waals surface area contributed by atoms with E-state index in [2.05, 4.69) is 20.6 Å². The second-order valence-electron chi connectivity index (χ2n) is 5.98. The number of ether oxygens (including phenoxy) is 1. The van der Waals surface area contributed by atoms with Crippen LogP contribution in [0.5, 0.6) is 5.75 Å². The predicted octanol–water partition coefficient (Wildman–Crippen LogP) is 3.14. The van der Waals surface area contributed by atoms with Crippen molar-refractivity contribution in [1.29, 1.82) is 0 Å². The minimum Gasteiger partial charge on any atom is -0.497 e.